The summed E-state index contributed by atoms with van der Waals surface area (Å²) in [6, 6.07) is 23.9. The van der Waals surface area contributed by atoms with Crippen LogP contribution in [0, 0.1) is 0 Å². The average Bonchev–Trinajstić information content (AvgIpc) is 2.86. The molecule has 0 saturated heterocycles. The highest BCUT2D eigenvalue weighted by atomic mass is 32.2. The Balaban J connectivity index is 1.68. The molecule has 36 heavy (non-hydrogen) atoms. The molecule has 0 aromatic heterocycles. The van der Waals surface area contributed by atoms with Crippen LogP contribution in [-0.4, -0.2) is 37.3 Å². The summed E-state index contributed by atoms with van der Waals surface area (Å²) in [5.74, 6) is -1.12. The lowest BCUT2D eigenvalue weighted by atomic mass is 10.0. The number of nitrogens with one attached hydrogen (secondary N) is 1. The van der Waals surface area contributed by atoms with Crippen molar-refractivity contribution in [3.05, 3.63) is 102 Å². The second-order valence-electron chi connectivity index (χ2n) is 9.49. The van der Waals surface area contributed by atoms with Gasteiger partial charge in [-0.1, -0.05) is 66.7 Å². The fraction of sp³-hybridized carbons (Fsp3) is 0.286. The molecule has 0 fully saturated rings. The lowest BCUT2D eigenvalue weighted by molar-refractivity contribution is -0.140. The predicted molar refractivity (Wildman–Crippen MR) is 139 cm³/mol. The molecular weight excluding hydrogens is 476 g/mol. The smallest absolute Gasteiger partial charge is 0.338 e. The maximum Gasteiger partial charge on any atom is 0.338 e. The Morgan fingerprint density at radius 2 is 1.53 bits per heavy atom. The van der Waals surface area contributed by atoms with E-state index in [4.69, 9.17) is 4.74 Å². The molecule has 0 heterocycles. The minimum Gasteiger partial charge on any atom is -0.452 e. The number of carbonyl (C=O) groups is 2. The summed E-state index contributed by atoms with van der Waals surface area (Å²) in [7, 11) is -3.90. The SMILES string of the molecule is C[C@H](NS(=O)(=O)c1cccc(C(=O)OCC(=O)N(Cc2ccccc2)C(C)(C)C)c1)c1ccccc1. The van der Waals surface area contributed by atoms with Crippen molar-refractivity contribution < 1.29 is 22.7 Å². The van der Waals surface area contributed by atoms with Gasteiger partial charge in [0.1, 0.15) is 0 Å². The first kappa shape index (κ1) is 27.1. The quantitative estimate of drug-likeness (QED) is 0.423. The second kappa shape index (κ2) is 11.5. The van der Waals surface area contributed by atoms with Crippen LogP contribution in [0.25, 0.3) is 0 Å². The average molecular weight is 509 g/mol. The molecule has 0 saturated carbocycles. The van der Waals surface area contributed by atoms with Crippen LogP contribution < -0.4 is 4.72 Å². The van der Waals surface area contributed by atoms with E-state index in [9.17, 15) is 18.0 Å². The molecule has 0 aliphatic heterocycles. The summed E-state index contributed by atoms with van der Waals surface area (Å²) >= 11 is 0. The van der Waals surface area contributed by atoms with E-state index in [1.807, 2.05) is 81.4 Å². The van der Waals surface area contributed by atoms with Crippen LogP contribution in [0.1, 0.15) is 55.2 Å². The molecule has 3 aromatic rings. The van der Waals surface area contributed by atoms with Crippen molar-refractivity contribution in [2.24, 2.45) is 0 Å². The van der Waals surface area contributed by atoms with Crippen LogP contribution in [-0.2, 0) is 26.1 Å². The topological polar surface area (TPSA) is 92.8 Å². The van der Waals surface area contributed by atoms with Crippen molar-refractivity contribution in [2.45, 2.75) is 50.7 Å². The Hall–Kier alpha value is -3.49. The van der Waals surface area contributed by atoms with Crippen LogP contribution in [0.4, 0.5) is 0 Å². The molecule has 3 rings (SSSR count). The maximum absolute atomic E-state index is 13.0. The minimum atomic E-state index is -3.90. The number of esters is 1. The molecule has 0 aliphatic rings. The summed E-state index contributed by atoms with van der Waals surface area (Å²) in [4.78, 5) is 27.2. The third-order valence-electron chi connectivity index (χ3n) is 5.63. The Kier molecular flexibility index (Phi) is 8.66. The van der Waals surface area contributed by atoms with Gasteiger partial charge in [0, 0.05) is 18.1 Å². The van der Waals surface area contributed by atoms with Gasteiger partial charge in [-0.05, 0) is 57.0 Å². The Labute approximate surface area is 213 Å². The van der Waals surface area contributed by atoms with Crippen LogP contribution in [0.5, 0.6) is 0 Å². The van der Waals surface area contributed by atoms with Crippen LogP contribution in [0.15, 0.2) is 89.8 Å². The van der Waals surface area contributed by atoms with E-state index in [0.717, 1.165) is 11.1 Å². The van der Waals surface area contributed by atoms with Crippen molar-refractivity contribution >= 4 is 21.9 Å². The van der Waals surface area contributed by atoms with Gasteiger partial charge in [0.2, 0.25) is 10.0 Å². The maximum atomic E-state index is 13.0. The molecule has 190 valence electrons. The molecular formula is C28H32N2O5S. The molecule has 0 radical (unpaired) electrons. The number of carbonyl (C=O) groups excluding carboxylic acids is 2. The number of hydrogen-bond donors (Lipinski definition) is 1. The Bertz CT molecular complexity index is 1290. The van der Waals surface area contributed by atoms with Gasteiger partial charge in [0.25, 0.3) is 5.91 Å². The van der Waals surface area contributed by atoms with Gasteiger partial charge in [-0.15, -0.1) is 0 Å². The number of amides is 1. The van der Waals surface area contributed by atoms with Crippen LogP contribution >= 0.6 is 0 Å². The Morgan fingerprint density at radius 1 is 0.917 bits per heavy atom. The third-order valence-corrected chi connectivity index (χ3v) is 7.17. The van der Waals surface area contributed by atoms with Crippen molar-refractivity contribution in [3.63, 3.8) is 0 Å². The molecule has 1 N–H and O–H groups in total. The zero-order valence-corrected chi connectivity index (χ0v) is 21.8. The number of sulfonamides is 1. The molecule has 0 spiro atoms. The number of ether oxygens (including phenoxy) is 1. The highest BCUT2D eigenvalue weighted by Crippen LogP contribution is 2.20. The van der Waals surface area contributed by atoms with Crippen LogP contribution in [0.2, 0.25) is 0 Å². The summed E-state index contributed by atoms with van der Waals surface area (Å²) in [6.07, 6.45) is 0. The van der Waals surface area contributed by atoms with Gasteiger partial charge in [-0.25, -0.2) is 17.9 Å². The predicted octanol–water partition coefficient (Wildman–Crippen LogP) is 4.71. The summed E-state index contributed by atoms with van der Waals surface area (Å²) in [5.41, 5.74) is 1.33. The lowest BCUT2D eigenvalue weighted by Gasteiger charge is -2.35. The number of nitrogens with zero attached hydrogens (tertiary/aromatic N) is 1. The fourth-order valence-electron chi connectivity index (χ4n) is 3.65. The minimum absolute atomic E-state index is 0.0448. The van der Waals surface area contributed by atoms with Gasteiger partial charge in [-0.3, -0.25) is 4.79 Å². The zero-order valence-electron chi connectivity index (χ0n) is 21.0. The molecule has 1 atom stereocenters. The first-order chi connectivity index (χ1) is 17.0. The molecule has 0 bridgehead atoms. The van der Waals surface area contributed by atoms with E-state index >= 15 is 0 Å². The van der Waals surface area contributed by atoms with Crippen molar-refractivity contribution in [1.82, 2.24) is 9.62 Å². The number of hydrogen-bond acceptors (Lipinski definition) is 5. The second-order valence-corrected chi connectivity index (χ2v) is 11.2. The highest BCUT2D eigenvalue weighted by molar-refractivity contribution is 7.89. The summed E-state index contributed by atoms with van der Waals surface area (Å²) in [6.45, 7) is 7.39. The van der Waals surface area contributed by atoms with E-state index in [2.05, 4.69) is 4.72 Å². The normalized spacial score (nSPS) is 12.6. The first-order valence-electron chi connectivity index (χ1n) is 11.7. The molecule has 0 aliphatic carbocycles. The van der Waals surface area contributed by atoms with E-state index in [1.165, 1.54) is 24.3 Å². The monoisotopic (exact) mass is 508 g/mol. The molecule has 3 aromatic carbocycles. The zero-order chi connectivity index (χ0) is 26.3. The first-order valence-corrected chi connectivity index (χ1v) is 13.1. The van der Waals surface area contributed by atoms with Crippen molar-refractivity contribution in [3.8, 4) is 0 Å². The van der Waals surface area contributed by atoms with Crippen LogP contribution in [0.3, 0.4) is 0 Å². The van der Waals surface area contributed by atoms with Gasteiger partial charge >= 0.3 is 5.97 Å². The lowest BCUT2D eigenvalue weighted by Crippen LogP contribution is -2.46. The molecule has 8 heteroatoms. The highest BCUT2D eigenvalue weighted by Gasteiger charge is 2.28. The van der Waals surface area contributed by atoms with Gasteiger partial charge < -0.3 is 9.64 Å². The standard InChI is InChI=1S/C28H32N2O5S/c1-21(23-14-9-6-10-15-23)29-36(33,34)25-17-11-16-24(18-25)27(32)35-20-26(31)30(28(2,3)4)19-22-12-7-5-8-13-22/h5-18,21,29H,19-20H2,1-4H3/t21-/m0/s1. The molecule has 1 amide bonds. The van der Waals surface area contributed by atoms with Gasteiger partial charge in [0.05, 0.1) is 10.5 Å². The Morgan fingerprint density at radius 3 is 2.14 bits per heavy atom. The van der Waals surface area contributed by atoms with Gasteiger partial charge in [-0.2, -0.15) is 0 Å². The number of benzene rings is 3. The van der Waals surface area contributed by atoms with E-state index < -0.39 is 34.2 Å². The van der Waals surface area contributed by atoms with E-state index in [-0.39, 0.29) is 16.4 Å². The molecule has 0 unspecified atom stereocenters. The van der Waals surface area contributed by atoms with Gasteiger partial charge in [0.15, 0.2) is 6.61 Å². The van der Waals surface area contributed by atoms with E-state index in [1.54, 1.807) is 11.8 Å². The van der Waals surface area contributed by atoms with Crippen molar-refractivity contribution in [1.29, 1.82) is 0 Å². The third kappa shape index (κ3) is 7.26. The largest absolute Gasteiger partial charge is 0.452 e. The summed E-state index contributed by atoms with van der Waals surface area (Å²) < 4.78 is 33.7. The summed E-state index contributed by atoms with van der Waals surface area (Å²) in [5, 5.41) is 0. The number of rotatable bonds is 9. The van der Waals surface area contributed by atoms with E-state index in [0.29, 0.717) is 6.54 Å². The fourth-order valence-corrected chi connectivity index (χ4v) is 4.93. The van der Waals surface area contributed by atoms with Crippen molar-refractivity contribution in [2.75, 3.05) is 6.61 Å². The molecule has 7 nitrogen and oxygen atoms in total.